The summed E-state index contributed by atoms with van der Waals surface area (Å²) < 4.78 is 0. The van der Waals surface area contributed by atoms with Gasteiger partial charge in [-0.1, -0.05) is 23.2 Å². The molecule has 0 radical (unpaired) electrons. The maximum absolute atomic E-state index is 12.0. The number of anilines is 1. The number of H-pyrrole nitrogens is 1. The number of carbonyl (C=O) groups is 1. The first kappa shape index (κ1) is 19.1. The molecule has 1 aliphatic rings. The summed E-state index contributed by atoms with van der Waals surface area (Å²) >= 11 is 12.0. The van der Waals surface area contributed by atoms with Crippen molar-refractivity contribution in [2.24, 2.45) is 5.92 Å². The van der Waals surface area contributed by atoms with Crippen LogP contribution in [0.5, 0.6) is 0 Å². The summed E-state index contributed by atoms with van der Waals surface area (Å²) in [5.41, 5.74) is 1.58. The van der Waals surface area contributed by atoms with E-state index in [1.54, 1.807) is 24.3 Å². The third-order valence-electron chi connectivity index (χ3n) is 3.96. The molecule has 1 atom stereocenters. The predicted molar refractivity (Wildman–Crippen MR) is 100 cm³/mol. The molecule has 24 heavy (non-hydrogen) atoms. The maximum Gasteiger partial charge on any atom is 0.225 e. The van der Waals surface area contributed by atoms with Crippen LogP contribution in [0.25, 0.3) is 11.3 Å². The van der Waals surface area contributed by atoms with E-state index in [0.29, 0.717) is 28.2 Å². The summed E-state index contributed by atoms with van der Waals surface area (Å²) in [6, 6.07) is 7.03. The monoisotopic (exact) mass is 388 g/mol. The Morgan fingerprint density at radius 3 is 2.67 bits per heavy atom. The molecule has 0 spiro atoms. The molecular weight excluding hydrogens is 371 g/mol. The zero-order valence-electron chi connectivity index (χ0n) is 12.9. The molecular formula is C16H19Cl3N4O. The van der Waals surface area contributed by atoms with Crippen LogP contribution in [0.4, 0.5) is 5.82 Å². The average Bonchev–Trinajstić information content (AvgIpc) is 3.15. The molecule has 1 aromatic carbocycles. The van der Waals surface area contributed by atoms with E-state index in [4.69, 9.17) is 23.2 Å². The molecule has 0 bridgehead atoms. The number of carbonyl (C=O) groups excluding carboxylic acids is 1. The highest BCUT2D eigenvalue weighted by Crippen LogP contribution is 2.27. The normalized spacial score (nSPS) is 16.7. The Labute approximate surface area is 156 Å². The van der Waals surface area contributed by atoms with Gasteiger partial charge in [-0.25, -0.2) is 0 Å². The number of nitrogens with one attached hydrogen (secondary N) is 3. The molecule has 1 unspecified atom stereocenters. The molecule has 0 aliphatic carbocycles. The third kappa shape index (κ3) is 5.11. The molecule has 130 valence electrons. The van der Waals surface area contributed by atoms with Crippen molar-refractivity contribution in [3.63, 3.8) is 0 Å². The fourth-order valence-electron chi connectivity index (χ4n) is 2.74. The lowest BCUT2D eigenvalue weighted by atomic mass is 10.0. The lowest BCUT2D eigenvalue weighted by Crippen LogP contribution is -2.15. The van der Waals surface area contributed by atoms with Gasteiger partial charge in [0.2, 0.25) is 5.91 Å². The minimum atomic E-state index is -0.0147. The van der Waals surface area contributed by atoms with Crippen molar-refractivity contribution in [1.82, 2.24) is 15.5 Å². The molecule has 5 nitrogen and oxygen atoms in total. The van der Waals surface area contributed by atoms with Crippen LogP contribution in [0, 0.1) is 5.92 Å². The van der Waals surface area contributed by atoms with Crippen LogP contribution in [0.15, 0.2) is 24.3 Å². The van der Waals surface area contributed by atoms with E-state index in [0.717, 1.165) is 37.2 Å². The Balaban J connectivity index is 0.00000208. The number of rotatable bonds is 5. The van der Waals surface area contributed by atoms with Crippen LogP contribution in [0.3, 0.4) is 0 Å². The first-order valence-electron chi connectivity index (χ1n) is 7.62. The summed E-state index contributed by atoms with van der Waals surface area (Å²) in [7, 11) is 0. The molecule has 1 aliphatic heterocycles. The Hall–Kier alpha value is -1.27. The van der Waals surface area contributed by atoms with Gasteiger partial charge >= 0.3 is 0 Å². The van der Waals surface area contributed by atoms with E-state index in [2.05, 4.69) is 20.8 Å². The summed E-state index contributed by atoms with van der Waals surface area (Å²) in [6.45, 7) is 2.06. The Morgan fingerprint density at radius 1 is 1.25 bits per heavy atom. The molecule has 1 saturated heterocycles. The van der Waals surface area contributed by atoms with Crippen LogP contribution in [0.1, 0.15) is 19.3 Å². The number of nitrogens with zero attached hydrogens (tertiary/aromatic N) is 1. The van der Waals surface area contributed by atoms with Gasteiger partial charge in [-0.2, -0.15) is 5.10 Å². The van der Waals surface area contributed by atoms with Gasteiger partial charge in [-0.3, -0.25) is 9.89 Å². The smallest absolute Gasteiger partial charge is 0.225 e. The third-order valence-corrected chi connectivity index (χ3v) is 4.40. The molecule has 1 aromatic heterocycles. The first-order valence-corrected chi connectivity index (χ1v) is 8.38. The number of hydrogen-bond donors (Lipinski definition) is 3. The summed E-state index contributed by atoms with van der Waals surface area (Å²) in [5, 5.41) is 14.2. The molecule has 3 N–H and O–H groups in total. The molecule has 0 saturated carbocycles. The zero-order chi connectivity index (χ0) is 16.2. The highest BCUT2D eigenvalue weighted by atomic mass is 35.5. The van der Waals surface area contributed by atoms with Gasteiger partial charge in [0.25, 0.3) is 0 Å². The largest absolute Gasteiger partial charge is 0.316 e. The van der Waals surface area contributed by atoms with E-state index >= 15 is 0 Å². The molecule has 1 amide bonds. The maximum atomic E-state index is 12.0. The number of aromatic amines is 1. The van der Waals surface area contributed by atoms with E-state index in [-0.39, 0.29) is 18.3 Å². The predicted octanol–water partition coefficient (Wildman–Crippen LogP) is 4.13. The van der Waals surface area contributed by atoms with E-state index in [1.165, 1.54) is 0 Å². The fraction of sp³-hybridized carbons (Fsp3) is 0.375. The Bertz CT molecular complexity index is 678. The van der Waals surface area contributed by atoms with Crippen LogP contribution in [-0.2, 0) is 4.79 Å². The van der Waals surface area contributed by atoms with E-state index < -0.39 is 0 Å². The van der Waals surface area contributed by atoms with Crippen molar-refractivity contribution >= 4 is 47.3 Å². The minimum Gasteiger partial charge on any atom is -0.316 e. The second-order valence-corrected chi connectivity index (χ2v) is 6.64. The van der Waals surface area contributed by atoms with Crippen molar-refractivity contribution in [2.45, 2.75) is 19.3 Å². The van der Waals surface area contributed by atoms with Gasteiger partial charge in [-0.05, 0) is 50.0 Å². The van der Waals surface area contributed by atoms with Crippen molar-refractivity contribution in [3.05, 3.63) is 34.3 Å². The van der Waals surface area contributed by atoms with Gasteiger partial charge in [-0.15, -0.1) is 12.4 Å². The number of hydrogen-bond acceptors (Lipinski definition) is 3. The molecule has 2 aromatic rings. The number of aromatic nitrogens is 2. The second kappa shape index (κ2) is 8.72. The highest BCUT2D eigenvalue weighted by molar-refractivity contribution is 6.35. The quantitative estimate of drug-likeness (QED) is 0.720. The number of amides is 1. The van der Waals surface area contributed by atoms with Crippen LogP contribution in [-0.4, -0.2) is 29.2 Å². The van der Waals surface area contributed by atoms with Crippen LogP contribution < -0.4 is 10.6 Å². The number of benzene rings is 1. The zero-order valence-corrected chi connectivity index (χ0v) is 15.3. The standard InChI is InChI=1S/C16H18Cl2N4O.ClH/c17-12-5-11(6-13(18)7-12)14-8-15(22-21-14)20-16(23)2-1-10-3-4-19-9-10;/h5-8,10,19H,1-4,9H2,(H2,20,21,22,23);1H. The molecule has 8 heteroatoms. The van der Waals surface area contributed by atoms with Crippen LogP contribution >= 0.6 is 35.6 Å². The van der Waals surface area contributed by atoms with Gasteiger partial charge in [0.15, 0.2) is 5.82 Å². The summed E-state index contributed by atoms with van der Waals surface area (Å²) in [5.74, 6) is 1.09. The molecule has 3 rings (SSSR count). The van der Waals surface area contributed by atoms with Gasteiger partial charge in [0.1, 0.15) is 0 Å². The molecule has 1 fully saturated rings. The van der Waals surface area contributed by atoms with E-state index in [1.807, 2.05) is 0 Å². The van der Waals surface area contributed by atoms with Crippen LogP contribution in [0.2, 0.25) is 10.0 Å². The van der Waals surface area contributed by atoms with Crippen molar-refractivity contribution in [3.8, 4) is 11.3 Å². The Morgan fingerprint density at radius 2 is 2.00 bits per heavy atom. The first-order chi connectivity index (χ1) is 11.1. The van der Waals surface area contributed by atoms with Gasteiger partial charge in [0, 0.05) is 28.1 Å². The summed E-state index contributed by atoms with van der Waals surface area (Å²) in [6.07, 6.45) is 2.56. The minimum absolute atomic E-state index is 0. The van der Waals surface area contributed by atoms with Crippen molar-refractivity contribution in [2.75, 3.05) is 18.4 Å². The summed E-state index contributed by atoms with van der Waals surface area (Å²) in [4.78, 5) is 12.0. The van der Waals surface area contributed by atoms with Crippen molar-refractivity contribution < 1.29 is 4.79 Å². The number of halogens is 3. The SMILES string of the molecule is Cl.O=C(CCC1CCNC1)Nc1cc(-c2cc(Cl)cc(Cl)c2)[nH]n1. The van der Waals surface area contributed by atoms with E-state index in [9.17, 15) is 4.79 Å². The highest BCUT2D eigenvalue weighted by Gasteiger charge is 2.16. The topological polar surface area (TPSA) is 69.8 Å². The Kier molecular flexibility index (Phi) is 6.92. The van der Waals surface area contributed by atoms with Gasteiger partial charge < -0.3 is 10.6 Å². The second-order valence-electron chi connectivity index (χ2n) is 5.77. The van der Waals surface area contributed by atoms with Gasteiger partial charge in [0.05, 0.1) is 5.69 Å². The lowest BCUT2D eigenvalue weighted by Gasteiger charge is -2.07. The average molecular weight is 390 g/mol. The fourth-order valence-corrected chi connectivity index (χ4v) is 3.27. The lowest BCUT2D eigenvalue weighted by molar-refractivity contribution is -0.116. The molecule has 2 heterocycles. The van der Waals surface area contributed by atoms with Crippen molar-refractivity contribution in [1.29, 1.82) is 0 Å².